The van der Waals surface area contributed by atoms with Crippen LogP contribution >= 0.6 is 11.3 Å². The molecule has 0 fully saturated rings. The van der Waals surface area contributed by atoms with E-state index < -0.39 is 0 Å². The molecule has 2 aromatic carbocycles. The summed E-state index contributed by atoms with van der Waals surface area (Å²) < 4.78 is 5.97. The van der Waals surface area contributed by atoms with Crippen LogP contribution in [0.5, 0.6) is 11.5 Å². The molecule has 6 heteroatoms. The fourth-order valence-electron chi connectivity index (χ4n) is 2.99. The smallest absolute Gasteiger partial charge is 0.187 e. The van der Waals surface area contributed by atoms with E-state index in [1.54, 1.807) is 18.5 Å². The molecule has 0 saturated heterocycles. The molecule has 0 amide bonds. The molecule has 1 N–H and O–H groups in total. The van der Waals surface area contributed by atoms with Gasteiger partial charge < -0.3 is 10.1 Å². The normalized spacial score (nSPS) is 10.6. The zero-order valence-corrected chi connectivity index (χ0v) is 17.6. The molecule has 4 aromatic rings. The number of carbonyl (C=O) groups is 1. The Hall–Kier alpha value is -3.51. The number of nitrogens with zero attached hydrogens (tertiary/aromatic N) is 2. The molecule has 2 aromatic heterocycles. The van der Waals surface area contributed by atoms with Crippen molar-refractivity contribution in [2.75, 3.05) is 5.32 Å². The van der Waals surface area contributed by atoms with Gasteiger partial charge in [0.25, 0.3) is 0 Å². The summed E-state index contributed by atoms with van der Waals surface area (Å²) in [7, 11) is 0. The van der Waals surface area contributed by atoms with Gasteiger partial charge in [-0.3, -0.25) is 9.78 Å². The van der Waals surface area contributed by atoms with Gasteiger partial charge in [0.2, 0.25) is 0 Å². The van der Waals surface area contributed by atoms with Gasteiger partial charge in [-0.25, -0.2) is 4.98 Å². The second-order valence-electron chi connectivity index (χ2n) is 6.77. The van der Waals surface area contributed by atoms with Crippen molar-refractivity contribution in [1.82, 2.24) is 9.97 Å². The molecule has 0 bridgehead atoms. The molecule has 0 aliphatic rings. The summed E-state index contributed by atoms with van der Waals surface area (Å²) in [6, 6.07) is 17.2. The van der Waals surface area contributed by atoms with Gasteiger partial charge in [-0.2, -0.15) is 0 Å². The van der Waals surface area contributed by atoms with Crippen LogP contribution in [0, 0.1) is 0 Å². The van der Waals surface area contributed by atoms with Crippen molar-refractivity contribution >= 4 is 27.9 Å². The van der Waals surface area contributed by atoms with Gasteiger partial charge >= 0.3 is 0 Å². The number of anilines is 2. The highest BCUT2D eigenvalue weighted by molar-refractivity contribution is 7.14. The van der Waals surface area contributed by atoms with E-state index in [9.17, 15) is 4.79 Å². The molecule has 0 aliphatic carbocycles. The molecule has 5 nitrogen and oxygen atoms in total. The molecule has 0 unspecified atom stereocenters. The van der Waals surface area contributed by atoms with E-state index in [1.807, 2.05) is 53.9 Å². The zero-order chi connectivity index (χ0) is 20.9. The first-order valence-corrected chi connectivity index (χ1v) is 10.5. The maximum Gasteiger partial charge on any atom is 0.187 e. The van der Waals surface area contributed by atoms with Crippen LogP contribution in [-0.4, -0.2) is 15.8 Å². The van der Waals surface area contributed by atoms with Crippen LogP contribution < -0.4 is 10.1 Å². The van der Waals surface area contributed by atoms with Crippen LogP contribution in [0.25, 0.3) is 11.3 Å². The second kappa shape index (κ2) is 8.88. The standard InChI is InChI=1S/C24H21N3O2S/c1-3-17-6-9-20(10-7-17)29-23-11-8-19(13-21(23)16(2)28)26-24-27-22(15-30-24)18-5-4-12-25-14-18/h4-15H,3H2,1-2H3,(H,26,27). The number of aryl methyl sites for hydroxylation is 1. The molecular weight excluding hydrogens is 394 g/mol. The van der Waals surface area contributed by atoms with Gasteiger partial charge in [0.15, 0.2) is 10.9 Å². The van der Waals surface area contributed by atoms with E-state index in [2.05, 4.69) is 22.2 Å². The Morgan fingerprint density at radius 2 is 1.97 bits per heavy atom. The average Bonchev–Trinajstić information content (AvgIpc) is 3.24. The predicted molar refractivity (Wildman–Crippen MR) is 121 cm³/mol. The van der Waals surface area contributed by atoms with Crippen molar-refractivity contribution in [3.05, 3.63) is 83.5 Å². The van der Waals surface area contributed by atoms with Gasteiger partial charge in [0.1, 0.15) is 11.5 Å². The Balaban J connectivity index is 1.54. The maximum atomic E-state index is 12.2. The number of pyridine rings is 1. The van der Waals surface area contributed by atoms with Gasteiger partial charge in [-0.05, 0) is 61.4 Å². The molecule has 30 heavy (non-hydrogen) atoms. The summed E-state index contributed by atoms with van der Waals surface area (Å²) in [6.45, 7) is 3.65. The van der Waals surface area contributed by atoms with Crippen molar-refractivity contribution < 1.29 is 9.53 Å². The number of aromatic nitrogens is 2. The Morgan fingerprint density at radius 1 is 1.13 bits per heavy atom. The molecule has 0 saturated carbocycles. The Labute approximate surface area is 179 Å². The molecule has 2 heterocycles. The topological polar surface area (TPSA) is 64.1 Å². The van der Waals surface area contributed by atoms with Gasteiger partial charge in [0, 0.05) is 29.0 Å². The molecule has 0 atom stereocenters. The number of ether oxygens (including phenoxy) is 1. The lowest BCUT2D eigenvalue weighted by Crippen LogP contribution is -1.99. The SMILES string of the molecule is CCc1ccc(Oc2ccc(Nc3nc(-c4cccnc4)cs3)cc2C(C)=O)cc1. The fourth-order valence-corrected chi connectivity index (χ4v) is 3.73. The summed E-state index contributed by atoms with van der Waals surface area (Å²) in [5.41, 5.74) is 4.36. The first kappa shape index (κ1) is 19.8. The number of Topliss-reactive ketones (excluding diaryl/α,β-unsaturated/α-hetero) is 1. The van der Waals surface area contributed by atoms with Crippen LogP contribution in [0.1, 0.15) is 29.8 Å². The summed E-state index contributed by atoms with van der Waals surface area (Å²) in [4.78, 5) is 21.0. The lowest BCUT2D eigenvalue weighted by atomic mass is 10.1. The number of thiazole rings is 1. The second-order valence-corrected chi connectivity index (χ2v) is 7.63. The number of ketones is 1. The van der Waals surface area contributed by atoms with E-state index in [0.29, 0.717) is 17.1 Å². The third kappa shape index (κ3) is 4.55. The van der Waals surface area contributed by atoms with Crippen LogP contribution in [-0.2, 0) is 6.42 Å². The monoisotopic (exact) mass is 415 g/mol. The van der Waals surface area contributed by atoms with Gasteiger partial charge in [0.05, 0.1) is 11.3 Å². The first-order valence-electron chi connectivity index (χ1n) is 9.67. The highest BCUT2D eigenvalue weighted by atomic mass is 32.1. The van der Waals surface area contributed by atoms with Crippen LogP contribution in [0.2, 0.25) is 0 Å². The fraction of sp³-hybridized carbons (Fsp3) is 0.125. The predicted octanol–water partition coefficient (Wildman–Crippen LogP) is 6.51. The Kier molecular flexibility index (Phi) is 5.86. The van der Waals surface area contributed by atoms with Gasteiger partial charge in [-0.15, -0.1) is 11.3 Å². The Morgan fingerprint density at radius 3 is 2.67 bits per heavy atom. The van der Waals surface area contributed by atoms with Crippen molar-refractivity contribution in [2.45, 2.75) is 20.3 Å². The molecule has 4 rings (SSSR count). The summed E-state index contributed by atoms with van der Waals surface area (Å²) >= 11 is 1.50. The zero-order valence-electron chi connectivity index (χ0n) is 16.8. The highest BCUT2D eigenvalue weighted by Gasteiger charge is 2.12. The minimum Gasteiger partial charge on any atom is -0.457 e. The highest BCUT2D eigenvalue weighted by Crippen LogP contribution is 2.31. The van der Waals surface area contributed by atoms with Crippen LogP contribution in [0.15, 0.2) is 72.4 Å². The summed E-state index contributed by atoms with van der Waals surface area (Å²) in [5.74, 6) is 1.18. The number of carbonyl (C=O) groups excluding carboxylic acids is 1. The third-order valence-corrected chi connectivity index (χ3v) is 5.39. The number of hydrogen-bond donors (Lipinski definition) is 1. The molecular formula is C24H21N3O2S. The van der Waals surface area contributed by atoms with Crippen molar-refractivity contribution in [3.8, 4) is 22.8 Å². The van der Waals surface area contributed by atoms with E-state index in [-0.39, 0.29) is 5.78 Å². The van der Waals surface area contributed by atoms with Crippen molar-refractivity contribution in [1.29, 1.82) is 0 Å². The summed E-state index contributed by atoms with van der Waals surface area (Å²) in [6.07, 6.45) is 4.49. The molecule has 0 radical (unpaired) electrons. The lowest BCUT2D eigenvalue weighted by molar-refractivity contribution is 0.101. The van der Waals surface area contributed by atoms with Crippen molar-refractivity contribution in [3.63, 3.8) is 0 Å². The molecule has 150 valence electrons. The molecule has 0 aliphatic heterocycles. The van der Waals surface area contributed by atoms with E-state index in [0.717, 1.165) is 28.5 Å². The summed E-state index contributed by atoms with van der Waals surface area (Å²) in [5, 5.41) is 5.99. The minimum absolute atomic E-state index is 0.0611. The van der Waals surface area contributed by atoms with E-state index in [4.69, 9.17) is 4.74 Å². The largest absolute Gasteiger partial charge is 0.457 e. The van der Waals surface area contributed by atoms with Gasteiger partial charge in [-0.1, -0.05) is 19.1 Å². The maximum absolute atomic E-state index is 12.2. The number of nitrogens with one attached hydrogen (secondary N) is 1. The number of rotatable bonds is 7. The lowest BCUT2D eigenvalue weighted by Gasteiger charge is -2.12. The van der Waals surface area contributed by atoms with Crippen molar-refractivity contribution in [2.24, 2.45) is 0 Å². The van der Waals surface area contributed by atoms with E-state index >= 15 is 0 Å². The van der Waals surface area contributed by atoms with E-state index in [1.165, 1.54) is 23.8 Å². The number of benzene rings is 2. The quantitative estimate of drug-likeness (QED) is 0.349. The average molecular weight is 416 g/mol. The number of hydrogen-bond acceptors (Lipinski definition) is 6. The van der Waals surface area contributed by atoms with Crippen LogP contribution in [0.3, 0.4) is 0 Å². The minimum atomic E-state index is -0.0611. The Bertz CT molecular complexity index is 1150. The third-order valence-electron chi connectivity index (χ3n) is 4.63. The van der Waals surface area contributed by atoms with Crippen LogP contribution in [0.4, 0.5) is 10.8 Å². The molecule has 0 spiro atoms. The first-order chi connectivity index (χ1) is 14.6.